The zero-order chi connectivity index (χ0) is 20.2. The predicted molar refractivity (Wildman–Crippen MR) is 108 cm³/mol. The number of hydrogen-bond donors (Lipinski definition) is 0. The maximum atomic E-state index is 13.2. The zero-order valence-electron chi connectivity index (χ0n) is 17.7. The summed E-state index contributed by atoms with van der Waals surface area (Å²) in [7, 11) is 1.59. The molecule has 0 saturated carbocycles. The SMILES string of the molecule is COc1ccc(C(C)C)cc1C(=O)N1CCCN(C(=O)CC(C)(C)C)CC1. The van der Waals surface area contributed by atoms with E-state index in [2.05, 4.69) is 34.6 Å². The first-order valence-electron chi connectivity index (χ1n) is 9.87. The Labute approximate surface area is 163 Å². The van der Waals surface area contributed by atoms with Gasteiger partial charge in [0.15, 0.2) is 0 Å². The van der Waals surface area contributed by atoms with Crippen LogP contribution in [0.1, 0.15) is 69.3 Å². The molecule has 0 spiro atoms. The predicted octanol–water partition coefficient (Wildman–Crippen LogP) is 3.93. The molecule has 0 N–H and O–H groups in total. The highest BCUT2D eigenvalue weighted by Gasteiger charge is 2.26. The maximum absolute atomic E-state index is 13.2. The van der Waals surface area contributed by atoms with E-state index in [0.717, 1.165) is 12.0 Å². The van der Waals surface area contributed by atoms with Gasteiger partial charge in [0.2, 0.25) is 5.91 Å². The van der Waals surface area contributed by atoms with Gasteiger partial charge in [-0.15, -0.1) is 0 Å². The molecule has 0 atom stereocenters. The molecule has 1 aromatic carbocycles. The van der Waals surface area contributed by atoms with Gasteiger partial charge in [0, 0.05) is 32.6 Å². The molecular weight excluding hydrogens is 340 g/mol. The molecule has 27 heavy (non-hydrogen) atoms. The lowest BCUT2D eigenvalue weighted by Crippen LogP contribution is -2.38. The van der Waals surface area contributed by atoms with Crippen LogP contribution in [0.15, 0.2) is 18.2 Å². The molecule has 5 nitrogen and oxygen atoms in total. The van der Waals surface area contributed by atoms with Crippen LogP contribution in [0.5, 0.6) is 5.75 Å². The quantitative estimate of drug-likeness (QED) is 0.802. The lowest BCUT2D eigenvalue weighted by Gasteiger charge is -2.26. The van der Waals surface area contributed by atoms with Crippen LogP contribution in [0.2, 0.25) is 0 Å². The molecule has 1 fully saturated rings. The van der Waals surface area contributed by atoms with E-state index in [1.807, 2.05) is 28.0 Å². The summed E-state index contributed by atoms with van der Waals surface area (Å²) in [5.41, 5.74) is 1.71. The molecule has 0 unspecified atom stereocenters. The molecule has 0 aromatic heterocycles. The topological polar surface area (TPSA) is 49.9 Å². The minimum Gasteiger partial charge on any atom is -0.496 e. The van der Waals surface area contributed by atoms with E-state index in [9.17, 15) is 9.59 Å². The molecule has 1 saturated heterocycles. The van der Waals surface area contributed by atoms with Crippen molar-refractivity contribution in [2.75, 3.05) is 33.3 Å². The Kier molecular flexibility index (Phi) is 6.90. The lowest BCUT2D eigenvalue weighted by molar-refractivity contribution is -0.132. The summed E-state index contributed by atoms with van der Waals surface area (Å²) in [6.07, 6.45) is 1.33. The first kappa shape index (κ1) is 21.3. The maximum Gasteiger partial charge on any atom is 0.257 e. The molecule has 0 aliphatic carbocycles. The summed E-state index contributed by atoms with van der Waals surface area (Å²) < 4.78 is 5.43. The first-order valence-corrected chi connectivity index (χ1v) is 9.87. The van der Waals surface area contributed by atoms with Crippen LogP contribution in [0.3, 0.4) is 0 Å². The fraction of sp³-hybridized carbons (Fsp3) is 0.636. The Hall–Kier alpha value is -2.04. The van der Waals surface area contributed by atoms with Gasteiger partial charge in [-0.2, -0.15) is 0 Å². The van der Waals surface area contributed by atoms with E-state index in [4.69, 9.17) is 4.74 Å². The molecule has 1 aliphatic heterocycles. The van der Waals surface area contributed by atoms with E-state index >= 15 is 0 Å². The Balaban J connectivity index is 2.12. The van der Waals surface area contributed by atoms with Crippen LogP contribution in [0.25, 0.3) is 0 Å². The van der Waals surface area contributed by atoms with Crippen molar-refractivity contribution >= 4 is 11.8 Å². The molecular formula is C22H34N2O3. The molecule has 2 amide bonds. The Morgan fingerprint density at radius 3 is 2.30 bits per heavy atom. The highest BCUT2D eigenvalue weighted by Crippen LogP contribution is 2.26. The first-order chi connectivity index (χ1) is 12.6. The number of carbonyl (C=O) groups is 2. The molecule has 2 rings (SSSR count). The molecule has 5 heteroatoms. The summed E-state index contributed by atoms with van der Waals surface area (Å²) in [6, 6.07) is 5.83. The van der Waals surface area contributed by atoms with E-state index < -0.39 is 0 Å². The van der Waals surface area contributed by atoms with Crippen molar-refractivity contribution in [1.29, 1.82) is 0 Å². The summed E-state index contributed by atoms with van der Waals surface area (Å²) in [4.78, 5) is 29.4. The van der Waals surface area contributed by atoms with Crippen molar-refractivity contribution in [1.82, 2.24) is 9.80 Å². The van der Waals surface area contributed by atoms with Crippen LogP contribution in [0, 0.1) is 5.41 Å². The van der Waals surface area contributed by atoms with Gasteiger partial charge in [0.25, 0.3) is 5.91 Å². The largest absolute Gasteiger partial charge is 0.496 e. The van der Waals surface area contributed by atoms with Crippen molar-refractivity contribution < 1.29 is 14.3 Å². The van der Waals surface area contributed by atoms with E-state index in [0.29, 0.717) is 49.8 Å². The van der Waals surface area contributed by atoms with Crippen LogP contribution in [0.4, 0.5) is 0 Å². The molecule has 0 bridgehead atoms. The Morgan fingerprint density at radius 2 is 1.70 bits per heavy atom. The summed E-state index contributed by atoms with van der Waals surface area (Å²) in [6.45, 7) is 13.0. The van der Waals surface area contributed by atoms with E-state index in [-0.39, 0.29) is 17.2 Å². The zero-order valence-corrected chi connectivity index (χ0v) is 17.7. The van der Waals surface area contributed by atoms with Gasteiger partial charge in [-0.1, -0.05) is 40.7 Å². The monoisotopic (exact) mass is 374 g/mol. The van der Waals surface area contributed by atoms with Crippen LogP contribution in [-0.2, 0) is 4.79 Å². The summed E-state index contributed by atoms with van der Waals surface area (Å²) in [5.74, 6) is 1.11. The van der Waals surface area contributed by atoms with Crippen molar-refractivity contribution in [2.45, 2.75) is 53.4 Å². The van der Waals surface area contributed by atoms with E-state index in [1.54, 1.807) is 7.11 Å². The van der Waals surface area contributed by atoms with Gasteiger partial charge in [0.1, 0.15) is 5.75 Å². The number of amides is 2. The molecule has 0 radical (unpaired) electrons. The van der Waals surface area contributed by atoms with Gasteiger partial charge >= 0.3 is 0 Å². The average Bonchev–Trinajstić information content (AvgIpc) is 2.85. The number of ether oxygens (including phenoxy) is 1. The number of nitrogens with zero attached hydrogens (tertiary/aromatic N) is 2. The van der Waals surface area contributed by atoms with Crippen LogP contribution in [-0.4, -0.2) is 54.9 Å². The highest BCUT2D eigenvalue weighted by atomic mass is 16.5. The van der Waals surface area contributed by atoms with Gasteiger partial charge < -0.3 is 14.5 Å². The second-order valence-corrected chi connectivity index (χ2v) is 8.88. The smallest absolute Gasteiger partial charge is 0.257 e. The third-order valence-electron chi connectivity index (χ3n) is 4.94. The number of methoxy groups -OCH3 is 1. The summed E-state index contributed by atoms with van der Waals surface area (Å²) >= 11 is 0. The number of hydrogen-bond acceptors (Lipinski definition) is 3. The minimum atomic E-state index is -0.0243. The third-order valence-corrected chi connectivity index (χ3v) is 4.94. The van der Waals surface area contributed by atoms with Crippen molar-refractivity contribution in [3.8, 4) is 5.75 Å². The Bertz CT molecular complexity index is 677. The van der Waals surface area contributed by atoms with Crippen LogP contribution < -0.4 is 4.74 Å². The molecule has 1 aliphatic rings. The second kappa shape index (κ2) is 8.77. The number of rotatable bonds is 4. The number of carbonyl (C=O) groups excluding carboxylic acids is 2. The second-order valence-electron chi connectivity index (χ2n) is 8.88. The minimum absolute atomic E-state index is 0.0144. The van der Waals surface area contributed by atoms with Gasteiger partial charge in [-0.3, -0.25) is 9.59 Å². The molecule has 150 valence electrons. The average molecular weight is 375 g/mol. The van der Waals surface area contributed by atoms with Crippen molar-refractivity contribution in [2.24, 2.45) is 5.41 Å². The number of benzene rings is 1. The van der Waals surface area contributed by atoms with Crippen LogP contribution >= 0.6 is 0 Å². The molecule has 1 heterocycles. The van der Waals surface area contributed by atoms with Gasteiger partial charge in [0.05, 0.1) is 12.7 Å². The van der Waals surface area contributed by atoms with Crippen molar-refractivity contribution in [3.05, 3.63) is 29.3 Å². The molecule has 1 aromatic rings. The fourth-order valence-electron chi connectivity index (χ4n) is 3.36. The third kappa shape index (κ3) is 5.72. The van der Waals surface area contributed by atoms with Gasteiger partial charge in [-0.25, -0.2) is 0 Å². The highest BCUT2D eigenvalue weighted by molar-refractivity contribution is 5.97. The standard InChI is InChI=1S/C22H34N2O3/c1-16(2)17-8-9-19(27-6)18(14-17)21(26)24-11-7-10-23(12-13-24)20(25)15-22(3,4)5/h8-9,14,16H,7,10-13,15H2,1-6H3. The summed E-state index contributed by atoms with van der Waals surface area (Å²) in [5, 5.41) is 0. The fourth-order valence-corrected chi connectivity index (χ4v) is 3.36. The normalized spacial score (nSPS) is 15.7. The lowest BCUT2D eigenvalue weighted by atomic mass is 9.91. The van der Waals surface area contributed by atoms with E-state index in [1.165, 1.54) is 0 Å². The Morgan fingerprint density at radius 1 is 1.07 bits per heavy atom. The van der Waals surface area contributed by atoms with Crippen molar-refractivity contribution in [3.63, 3.8) is 0 Å². The van der Waals surface area contributed by atoms with Gasteiger partial charge in [-0.05, 0) is 35.4 Å².